The molecule has 9 nitrogen and oxygen atoms in total. The number of pyridine rings is 1. The predicted octanol–water partition coefficient (Wildman–Crippen LogP) is 2.56. The van der Waals surface area contributed by atoms with Gasteiger partial charge in [-0.25, -0.2) is 22.5 Å². The van der Waals surface area contributed by atoms with Gasteiger partial charge in [-0.3, -0.25) is 4.79 Å². The van der Waals surface area contributed by atoms with Crippen LogP contribution in [0.3, 0.4) is 0 Å². The van der Waals surface area contributed by atoms with Crippen molar-refractivity contribution in [2.75, 3.05) is 31.2 Å². The van der Waals surface area contributed by atoms with E-state index in [9.17, 15) is 23.1 Å². The Kier molecular flexibility index (Phi) is 9.70. The maximum Gasteiger partial charge on any atom is 0.327 e. The zero-order valence-corrected chi connectivity index (χ0v) is 20.9. The minimum absolute atomic E-state index is 0.131. The first-order chi connectivity index (χ1) is 16.3. The molecule has 3 rings (SSSR count). The molecular weight excluding hydrogens is 456 g/mol. The van der Waals surface area contributed by atoms with Crippen LogP contribution in [0.2, 0.25) is 0 Å². The van der Waals surface area contributed by atoms with E-state index in [-0.39, 0.29) is 6.42 Å². The standard InChI is InChI=1S/C24H38N4O5S/c1-34(32,33)28(23(29)19-10-7-15-25-17-19)21(24(30)31)12-6-4-2-3-5-11-20-14-13-18-9-8-16-26-22(18)27-20/h13-14,19,21,25H,2-12,15-17H2,1H3,(H,26,27)(H,30,31)/t19-,21-/m0/s1. The third-order valence-corrected chi connectivity index (χ3v) is 7.80. The number of fused-ring (bicyclic) bond motifs is 1. The maximum absolute atomic E-state index is 12.9. The average molecular weight is 495 g/mol. The quantitative estimate of drug-likeness (QED) is 0.378. The molecule has 0 aliphatic carbocycles. The molecular formula is C24H38N4O5S. The SMILES string of the molecule is CS(=O)(=O)N(C(=O)[C@H]1CCCNC1)[C@@H](CCCCCCCc1ccc2c(n1)NCCC2)C(=O)O. The Morgan fingerprint density at radius 3 is 2.62 bits per heavy atom. The molecule has 0 saturated carbocycles. The fourth-order valence-electron chi connectivity index (χ4n) is 4.81. The molecule has 2 aliphatic heterocycles. The van der Waals surface area contributed by atoms with E-state index in [2.05, 4.69) is 22.8 Å². The van der Waals surface area contributed by atoms with Gasteiger partial charge in [-0.05, 0) is 63.1 Å². The molecule has 0 radical (unpaired) electrons. The topological polar surface area (TPSA) is 129 Å². The van der Waals surface area contributed by atoms with Gasteiger partial charge in [0.15, 0.2) is 0 Å². The van der Waals surface area contributed by atoms with Crippen molar-refractivity contribution in [2.24, 2.45) is 5.92 Å². The van der Waals surface area contributed by atoms with Crippen molar-refractivity contribution in [3.8, 4) is 0 Å². The smallest absolute Gasteiger partial charge is 0.327 e. The fraction of sp³-hybridized carbons (Fsp3) is 0.708. The second kappa shape index (κ2) is 12.5. The Morgan fingerprint density at radius 2 is 1.91 bits per heavy atom. The number of hydrogen-bond donors (Lipinski definition) is 3. The number of piperidine rings is 1. The highest BCUT2D eigenvalue weighted by atomic mass is 32.2. The van der Waals surface area contributed by atoms with E-state index in [1.165, 1.54) is 5.56 Å². The maximum atomic E-state index is 12.9. The molecule has 1 aromatic rings. The summed E-state index contributed by atoms with van der Waals surface area (Å²) in [5.74, 6) is -1.36. The number of nitrogens with zero attached hydrogens (tertiary/aromatic N) is 2. The van der Waals surface area contributed by atoms with Crippen molar-refractivity contribution in [1.82, 2.24) is 14.6 Å². The largest absolute Gasteiger partial charge is 0.480 e. The van der Waals surface area contributed by atoms with Crippen LogP contribution in [0.4, 0.5) is 5.82 Å². The number of aryl methyl sites for hydroxylation is 2. The van der Waals surface area contributed by atoms with E-state index in [1.807, 2.05) is 0 Å². The van der Waals surface area contributed by atoms with Crippen LogP contribution < -0.4 is 10.6 Å². The number of carbonyl (C=O) groups excluding carboxylic acids is 1. The number of nitrogens with one attached hydrogen (secondary N) is 2. The minimum Gasteiger partial charge on any atom is -0.480 e. The number of aliphatic carboxylic acids is 1. The van der Waals surface area contributed by atoms with Gasteiger partial charge in [-0.2, -0.15) is 0 Å². The summed E-state index contributed by atoms with van der Waals surface area (Å²) in [6.07, 6.45) is 9.77. The number of carboxylic acids is 1. The number of hydrogen-bond acceptors (Lipinski definition) is 7. The van der Waals surface area contributed by atoms with Gasteiger partial charge in [0, 0.05) is 18.8 Å². The molecule has 0 aromatic carbocycles. The third kappa shape index (κ3) is 7.40. The van der Waals surface area contributed by atoms with Gasteiger partial charge < -0.3 is 15.7 Å². The summed E-state index contributed by atoms with van der Waals surface area (Å²) in [5.41, 5.74) is 2.36. The Morgan fingerprint density at radius 1 is 1.15 bits per heavy atom. The molecule has 1 fully saturated rings. The molecule has 1 amide bonds. The monoisotopic (exact) mass is 494 g/mol. The fourth-order valence-corrected chi connectivity index (χ4v) is 5.95. The van der Waals surface area contributed by atoms with Gasteiger partial charge in [0.2, 0.25) is 15.9 Å². The number of sulfonamides is 1. The summed E-state index contributed by atoms with van der Waals surface area (Å²) in [6.45, 7) is 2.14. The zero-order valence-electron chi connectivity index (χ0n) is 20.1. The molecule has 3 heterocycles. The first-order valence-electron chi connectivity index (χ1n) is 12.5. The lowest BCUT2D eigenvalue weighted by molar-refractivity contribution is -0.147. The van der Waals surface area contributed by atoms with Crippen LogP contribution in [0.15, 0.2) is 12.1 Å². The number of carbonyl (C=O) groups is 2. The lowest BCUT2D eigenvalue weighted by atomic mass is 9.97. The second-order valence-electron chi connectivity index (χ2n) is 9.44. The highest BCUT2D eigenvalue weighted by Crippen LogP contribution is 2.23. The normalized spacial score (nSPS) is 19.0. The molecule has 1 saturated heterocycles. The van der Waals surface area contributed by atoms with Crippen LogP contribution in [0.1, 0.15) is 69.0 Å². The molecule has 3 N–H and O–H groups in total. The predicted molar refractivity (Wildman–Crippen MR) is 131 cm³/mol. The van der Waals surface area contributed by atoms with Crippen LogP contribution in [0, 0.1) is 5.92 Å². The number of unbranched alkanes of at least 4 members (excludes halogenated alkanes) is 4. The Bertz CT molecular complexity index is 947. The highest BCUT2D eigenvalue weighted by Gasteiger charge is 2.39. The van der Waals surface area contributed by atoms with E-state index in [0.717, 1.165) is 82.2 Å². The van der Waals surface area contributed by atoms with Gasteiger partial charge in [-0.1, -0.05) is 31.7 Å². The van der Waals surface area contributed by atoms with Crippen molar-refractivity contribution in [3.63, 3.8) is 0 Å². The number of rotatable bonds is 12. The summed E-state index contributed by atoms with van der Waals surface area (Å²) < 4.78 is 25.4. The molecule has 10 heteroatoms. The number of aromatic nitrogens is 1. The van der Waals surface area contributed by atoms with Crippen molar-refractivity contribution in [1.29, 1.82) is 0 Å². The van der Waals surface area contributed by atoms with Gasteiger partial charge >= 0.3 is 5.97 Å². The van der Waals surface area contributed by atoms with Crippen molar-refractivity contribution in [2.45, 2.75) is 76.7 Å². The molecule has 1 aromatic heterocycles. The van der Waals surface area contributed by atoms with E-state index in [0.29, 0.717) is 23.7 Å². The lowest BCUT2D eigenvalue weighted by Gasteiger charge is -2.32. The molecule has 2 aliphatic rings. The molecule has 0 unspecified atom stereocenters. The summed E-state index contributed by atoms with van der Waals surface area (Å²) in [5, 5.41) is 16.2. The highest BCUT2D eigenvalue weighted by molar-refractivity contribution is 7.88. The van der Waals surface area contributed by atoms with E-state index < -0.39 is 33.9 Å². The van der Waals surface area contributed by atoms with Crippen LogP contribution in [0.25, 0.3) is 0 Å². The number of carboxylic acid groups (broad SMARTS) is 1. The molecule has 190 valence electrons. The number of amides is 1. The molecule has 2 atom stereocenters. The molecule has 34 heavy (non-hydrogen) atoms. The number of anilines is 1. The van der Waals surface area contributed by atoms with Crippen molar-refractivity contribution < 1.29 is 23.1 Å². The van der Waals surface area contributed by atoms with Gasteiger partial charge in [0.1, 0.15) is 11.9 Å². The Balaban J connectivity index is 1.44. The summed E-state index contributed by atoms with van der Waals surface area (Å²) in [6, 6.07) is 2.91. The first kappa shape index (κ1) is 26.4. The summed E-state index contributed by atoms with van der Waals surface area (Å²) in [4.78, 5) is 29.5. The molecule has 0 bridgehead atoms. The van der Waals surface area contributed by atoms with Crippen LogP contribution in [-0.4, -0.2) is 66.6 Å². The van der Waals surface area contributed by atoms with Crippen molar-refractivity contribution >= 4 is 27.7 Å². The van der Waals surface area contributed by atoms with Crippen LogP contribution in [-0.2, 0) is 32.5 Å². The second-order valence-corrected chi connectivity index (χ2v) is 11.3. The minimum atomic E-state index is -3.98. The van der Waals surface area contributed by atoms with E-state index in [4.69, 9.17) is 4.98 Å². The Hall–Kier alpha value is -2.20. The Labute approximate surface area is 202 Å². The van der Waals surface area contributed by atoms with Crippen molar-refractivity contribution in [3.05, 3.63) is 23.4 Å². The summed E-state index contributed by atoms with van der Waals surface area (Å²) in [7, 11) is -3.98. The molecule has 0 spiro atoms. The summed E-state index contributed by atoms with van der Waals surface area (Å²) >= 11 is 0. The van der Waals surface area contributed by atoms with Gasteiger partial charge in [0.05, 0.1) is 12.2 Å². The van der Waals surface area contributed by atoms with E-state index in [1.54, 1.807) is 0 Å². The van der Waals surface area contributed by atoms with Crippen LogP contribution >= 0.6 is 0 Å². The first-order valence-corrected chi connectivity index (χ1v) is 14.3. The van der Waals surface area contributed by atoms with Gasteiger partial charge in [0.25, 0.3) is 0 Å². The van der Waals surface area contributed by atoms with E-state index >= 15 is 0 Å². The average Bonchev–Trinajstić information content (AvgIpc) is 2.82. The third-order valence-electron chi connectivity index (χ3n) is 6.65. The van der Waals surface area contributed by atoms with Crippen LogP contribution in [0.5, 0.6) is 0 Å². The van der Waals surface area contributed by atoms with Gasteiger partial charge in [-0.15, -0.1) is 0 Å². The zero-order chi connectivity index (χ0) is 24.6. The lowest BCUT2D eigenvalue weighted by Crippen LogP contribution is -2.52.